The molecule has 0 radical (unpaired) electrons. The molecule has 10 heteroatoms. The van der Waals surface area contributed by atoms with E-state index in [9.17, 15) is 4.57 Å². The van der Waals surface area contributed by atoms with E-state index < -0.39 is 7.60 Å². The summed E-state index contributed by atoms with van der Waals surface area (Å²) in [4.78, 5) is 2.29. The summed E-state index contributed by atoms with van der Waals surface area (Å²) < 4.78 is 25.8. The number of unbranched alkanes of at least 4 members (excludes halogenated alkanes) is 6. The number of benzene rings is 2. The van der Waals surface area contributed by atoms with E-state index >= 15 is 0 Å². The van der Waals surface area contributed by atoms with Crippen molar-refractivity contribution >= 4 is 55.6 Å². The summed E-state index contributed by atoms with van der Waals surface area (Å²) in [7, 11) is -3.21. The predicted molar refractivity (Wildman–Crippen MR) is 176 cm³/mol. The predicted octanol–water partition coefficient (Wildman–Crippen LogP) is 7.62. The van der Waals surface area contributed by atoms with E-state index in [0.29, 0.717) is 45.4 Å². The highest BCUT2D eigenvalue weighted by molar-refractivity contribution is 7.53. The minimum atomic E-state index is -3.21. The second kappa shape index (κ2) is 25.3. The first kappa shape index (κ1) is 40.7. The zero-order valence-corrected chi connectivity index (χ0v) is 27.1. The molecular weight excluding hydrogens is 576 g/mol. The maximum absolute atomic E-state index is 13.8. The molecule has 2 aromatic carbocycles. The van der Waals surface area contributed by atoms with E-state index in [1.54, 1.807) is 0 Å². The molecule has 39 heavy (non-hydrogen) atoms. The monoisotopic (exact) mass is 627 g/mol. The molecular formula is C29H53Cl3N3O3P. The second-order valence-corrected chi connectivity index (χ2v) is 11.8. The van der Waals surface area contributed by atoms with Crippen LogP contribution in [0.1, 0.15) is 70.3 Å². The molecule has 228 valence electrons. The Bertz CT molecular complexity index is 882. The average molecular weight is 629 g/mol. The fraction of sp³-hybridized carbons (Fsp3) is 0.655. The standard InChI is InChI=1S/C29H50N3O3P.3ClH/c1-2-3-4-5-6-7-10-24-34-36(33,26-23-32(21-12-19-30)22-13-20-31)35-25-18-28-16-11-15-27-14-8-9-17-29(27)28;;;/h8-9,11,14-17H,2-7,10,12-13,18-26,30-31H2,1H3;3*1H. The van der Waals surface area contributed by atoms with Gasteiger partial charge in [0.05, 0.1) is 19.4 Å². The van der Waals surface area contributed by atoms with Gasteiger partial charge < -0.3 is 25.4 Å². The van der Waals surface area contributed by atoms with Crippen LogP contribution in [0.4, 0.5) is 0 Å². The van der Waals surface area contributed by atoms with Crippen molar-refractivity contribution in [2.45, 2.75) is 71.1 Å². The Labute approximate surface area is 256 Å². The lowest BCUT2D eigenvalue weighted by Crippen LogP contribution is -2.31. The van der Waals surface area contributed by atoms with Crippen LogP contribution in [0.5, 0.6) is 0 Å². The van der Waals surface area contributed by atoms with E-state index in [0.717, 1.165) is 38.8 Å². The number of nitrogens with zero attached hydrogens (tertiary/aromatic N) is 1. The van der Waals surface area contributed by atoms with Gasteiger partial charge in [-0.1, -0.05) is 87.9 Å². The van der Waals surface area contributed by atoms with Crippen LogP contribution in [-0.4, -0.2) is 57.0 Å². The third kappa shape index (κ3) is 17.2. The maximum atomic E-state index is 13.8. The molecule has 2 aromatic rings. The number of nitrogens with two attached hydrogens (primary N) is 2. The quantitative estimate of drug-likeness (QED) is 0.103. The highest BCUT2D eigenvalue weighted by atomic mass is 35.5. The van der Waals surface area contributed by atoms with Crippen LogP contribution < -0.4 is 11.5 Å². The Morgan fingerprint density at radius 2 is 1.31 bits per heavy atom. The van der Waals surface area contributed by atoms with E-state index in [1.807, 2.05) is 0 Å². The Balaban J connectivity index is 0. The Kier molecular flexibility index (Phi) is 26.4. The molecule has 0 heterocycles. The van der Waals surface area contributed by atoms with Crippen molar-refractivity contribution in [2.24, 2.45) is 11.5 Å². The fourth-order valence-corrected chi connectivity index (χ4v) is 6.10. The van der Waals surface area contributed by atoms with Crippen molar-refractivity contribution < 1.29 is 13.6 Å². The molecule has 2 rings (SSSR count). The molecule has 0 aliphatic heterocycles. The van der Waals surface area contributed by atoms with Gasteiger partial charge in [-0.25, -0.2) is 0 Å². The first-order chi connectivity index (χ1) is 17.6. The van der Waals surface area contributed by atoms with Crippen molar-refractivity contribution in [1.82, 2.24) is 4.90 Å². The summed E-state index contributed by atoms with van der Waals surface area (Å²) in [6, 6.07) is 14.7. The van der Waals surface area contributed by atoms with Gasteiger partial charge in [-0.05, 0) is 68.2 Å². The van der Waals surface area contributed by atoms with Gasteiger partial charge in [-0.3, -0.25) is 4.57 Å². The first-order valence-corrected chi connectivity index (χ1v) is 15.8. The molecule has 6 nitrogen and oxygen atoms in total. The fourth-order valence-electron chi connectivity index (χ4n) is 4.46. The molecule has 0 aromatic heterocycles. The zero-order chi connectivity index (χ0) is 25.9. The van der Waals surface area contributed by atoms with Gasteiger partial charge in [0.15, 0.2) is 0 Å². The van der Waals surface area contributed by atoms with Crippen LogP contribution in [0.2, 0.25) is 0 Å². The van der Waals surface area contributed by atoms with Crippen LogP contribution >= 0.6 is 44.8 Å². The van der Waals surface area contributed by atoms with Crippen LogP contribution in [0.3, 0.4) is 0 Å². The van der Waals surface area contributed by atoms with Crippen LogP contribution in [0, 0.1) is 0 Å². The van der Waals surface area contributed by atoms with Crippen LogP contribution in [0.15, 0.2) is 42.5 Å². The highest BCUT2D eigenvalue weighted by Gasteiger charge is 2.25. The summed E-state index contributed by atoms with van der Waals surface area (Å²) in [5, 5.41) is 2.43. The van der Waals surface area contributed by atoms with Crippen LogP contribution in [0.25, 0.3) is 10.8 Å². The van der Waals surface area contributed by atoms with Gasteiger partial charge in [-0.2, -0.15) is 0 Å². The van der Waals surface area contributed by atoms with Gasteiger partial charge in [0, 0.05) is 6.54 Å². The molecule has 0 saturated heterocycles. The number of hydrogen-bond acceptors (Lipinski definition) is 6. The Morgan fingerprint density at radius 3 is 1.97 bits per heavy atom. The Hall–Kier alpha value is -0.400. The van der Waals surface area contributed by atoms with E-state index in [-0.39, 0.29) is 37.2 Å². The van der Waals surface area contributed by atoms with E-state index in [4.69, 9.17) is 20.5 Å². The summed E-state index contributed by atoms with van der Waals surface area (Å²) >= 11 is 0. The molecule has 0 aliphatic carbocycles. The van der Waals surface area contributed by atoms with Gasteiger partial charge in [0.2, 0.25) is 0 Å². The largest absolute Gasteiger partial charge is 0.331 e. The number of rotatable bonds is 22. The van der Waals surface area contributed by atoms with Gasteiger partial charge in [-0.15, -0.1) is 37.2 Å². The van der Waals surface area contributed by atoms with Gasteiger partial charge in [0.25, 0.3) is 0 Å². The lowest BCUT2D eigenvalue weighted by atomic mass is 10.0. The first-order valence-electron chi connectivity index (χ1n) is 14.1. The van der Waals surface area contributed by atoms with Crippen LogP contribution in [-0.2, 0) is 20.0 Å². The lowest BCUT2D eigenvalue weighted by molar-refractivity contribution is 0.196. The van der Waals surface area contributed by atoms with Crippen molar-refractivity contribution in [3.05, 3.63) is 48.0 Å². The molecule has 4 N–H and O–H groups in total. The summed E-state index contributed by atoms with van der Waals surface area (Å²) in [5.41, 5.74) is 12.7. The van der Waals surface area contributed by atoms with Crippen molar-refractivity contribution in [2.75, 3.05) is 52.1 Å². The van der Waals surface area contributed by atoms with Crippen molar-refractivity contribution in [1.29, 1.82) is 0 Å². The molecule has 0 spiro atoms. The molecule has 0 saturated carbocycles. The molecule has 0 amide bonds. The number of halogens is 3. The van der Waals surface area contributed by atoms with Gasteiger partial charge >= 0.3 is 7.60 Å². The SMILES string of the molecule is CCCCCCCCCOP(=O)(CCN(CCCN)CCCN)OCCc1cccc2ccccc12.Cl.Cl.Cl. The lowest BCUT2D eigenvalue weighted by Gasteiger charge is -2.25. The number of hydrogen-bond donors (Lipinski definition) is 2. The minimum absolute atomic E-state index is 0. The van der Waals surface area contributed by atoms with E-state index in [2.05, 4.69) is 54.3 Å². The summed E-state index contributed by atoms with van der Waals surface area (Å²) in [6.07, 6.45) is 11.3. The molecule has 0 fully saturated rings. The minimum Gasteiger partial charge on any atom is -0.330 e. The topological polar surface area (TPSA) is 90.8 Å². The van der Waals surface area contributed by atoms with E-state index in [1.165, 1.54) is 48.4 Å². The third-order valence-electron chi connectivity index (χ3n) is 6.62. The smallest absolute Gasteiger partial charge is 0.330 e. The van der Waals surface area contributed by atoms with Gasteiger partial charge in [0.1, 0.15) is 0 Å². The van der Waals surface area contributed by atoms with Crippen molar-refractivity contribution in [3.63, 3.8) is 0 Å². The summed E-state index contributed by atoms with van der Waals surface area (Å²) in [5.74, 6) is 0. The normalized spacial score (nSPS) is 12.4. The average Bonchev–Trinajstić information content (AvgIpc) is 2.90. The zero-order valence-electron chi connectivity index (χ0n) is 23.8. The molecule has 0 aliphatic rings. The Morgan fingerprint density at radius 1 is 0.718 bits per heavy atom. The highest BCUT2D eigenvalue weighted by Crippen LogP contribution is 2.48. The maximum Gasteiger partial charge on any atom is 0.331 e. The molecule has 0 bridgehead atoms. The number of fused-ring (bicyclic) bond motifs is 1. The molecule has 1 unspecified atom stereocenters. The third-order valence-corrected chi connectivity index (χ3v) is 8.52. The van der Waals surface area contributed by atoms with Crippen molar-refractivity contribution in [3.8, 4) is 0 Å². The molecule has 1 atom stereocenters. The second-order valence-electron chi connectivity index (χ2n) is 9.64. The summed E-state index contributed by atoms with van der Waals surface area (Å²) in [6.45, 7) is 6.83.